The lowest BCUT2D eigenvalue weighted by molar-refractivity contribution is -0.145. The van der Waals surface area contributed by atoms with E-state index in [0.29, 0.717) is 17.7 Å². The van der Waals surface area contributed by atoms with Gasteiger partial charge in [-0.1, -0.05) is 17.8 Å². The van der Waals surface area contributed by atoms with Crippen LogP contribution >= 0.6 is 11.8 Å². The highest BCUT2D eigenvalue weighted by molar-refractivity contribution is 8.05. The maximum absolute atomic E-state index is 11.1. The van der Waals surface area contributed by atoms with Crippen molar-refractivity contribution in [3.05, 3.63) is 11.0 Å². The second-order valence-corrected chi connectivity index (χ2v) is 5.49. The highest BCUT2D eigenvalue weighted by Gasteiger charge is 2.39. The molecule has 7 nitrogen and oxygen atoms in total. The van der Waals surface area contributed by atoms with Gasteiger partial charge in [-0.15, -0.1) is 0 Å². The fraction of sp³-hybridized carbons (Fsp3) is 0.583. The lowest BCUT2D eigenvalue weighted by atomic mass is 10.0. The molecule has 0 radical (unpaired) electrons. The summed E-state index contributed by atoms with van der Waals surface area (Å²) >= 11 is 1.02. The number of nitrogens with zero attached hydrogens (tertiary/aromatic N) is 1. The molecule has 0 aromatic heterocycles. The number of carbonyl (C=O) groups is 2. The smallest absolute Gasteiger partial charge is 0.355 e. The number of carboxylic acid groups (broad SMARTS) is 2. The molecule has 0 fully saturated rings. The van der Waals surface area contributed by atoms with Crippen molar-refractivity contribution in [2.45, 2.75) is 31.2 Å². The fourth-order valence-corrected chi connectivity index (χ4v) is 3.13. The van der Waals surface area contributed by atoms with Gasteiger partial charge in [-0.2, -0.15) is 0 Å². The summed E-state index contributed by atoms with van der Waals surface area (Å²) in [6.45, 7) is 1.33. The average molecular weight is 303 g/mol. The zero-order valence-electron chi connectivity index (χ0n) is 10.9. The van der Waals surface area contributed by atoms with Crippen LogP contribution in [0.15, 0.2) is 16.0 Å². The van der Waals surface area contributed by atoms with E-state index in [4.69, 9.17) is 15.3 Å². The molecule has 0 amide bonds. The minimum Gasteiger partial charge on any atom is -0.481 e. The van der Waals surface area contributed by atoms with Crippen molar-refractivity contribution in [3.63, 3.8) is 0 Å². The second kappa shape index (κ2) is 7.41. The van der Waals surface area contributed by atoms with Crippen LogP contribution in [0.5, 0.6) is 0 Å². The summed E-state index contributed by atoms with van der Waals surface area (Å²) in [5, 5.41) is 35.5. The Morgan fingerprint density at radius 1 is 1.45 bits per heavy atom. The molecule has 8 heteroatoms. The van der Waals surface area contributed by atoms with E-state index < -0.39 is 29.3 Å². The molecule has 112 valence electrons. The van der Waals surface area contributed by atoms with Crippen LogP contribution in [0.1, 0.15) is 19.8 Å². The van der Waals surface area contributed by atoms with Crippen LogP contribution in [0.3, 0.4) is 0 Å². The molecular weight excluding hydrogens is 286 g/mol. The maximum Gasteiger partial charge on any atom is 0.355 e. The van der Waals surface area contributed by atoms with E-state index >= 15 is 0 Å². The standard InChI is InChI=1S/C12H17NO6S/c1-6(15)8(11(16)17)10-13-9(12(18)19)7(20-10)4-2-3-5-14/h4,6,8,10,14-15H,2-3,5H2,1H3,(H,16,17)(H,18,19)/b7-4-/t6-,8-,10+/m1/s1. The molecule has 1 aliphatic heterocycles. The molecule has 1 heterocycles. The maximum atomic E-state index is 11.1. The fourth-order valence-electron chi connectivity index (χ4n) is 1.75. The molecule has 3 atom stereocenters. The number of carboxylic acids is 2. The summed E-state index contributed by atoms with van der Waals surface area (Å²) in [6, 6.07) is 0. The van der Waals surface area contributed by atoms with E-state index in [1.54, 1.807) is 6.08 Å². The first-order valence-corrected chi connectivity index (χ1v) is 6.96. The van der Waals surface area contributed by atoms with Crippen molar-refractivity contribution in [2.75, 3.05) is 6.61 Å². The molecule has 0 bridgehead atoms. The molecule has 20 heavy (non-hydrogen) atoms. The summed E-state index contributed by atoms with van der Waals surface area (Å²) in [5.74, 6) is -3.62. The Morgan fingerprint density at radius 2 is 2.10 bits per heavy atom. The highest BCUT2D eigenvalue weighted by atomic mass is 32.2. The Labute approximate surface area is 120 Å². The topological polar surface area (TPSA) is 127 Å². The quantitative estimate of drug-likeness (QED) is 0.499. The minimum absolute atomic E-state index is 0.0111. The third-order valence-electron chi connectivity index (χ3n) is 2.74. The number of thioether (sulfide) groups is 1. The van der Waals surface area contributed by atoms with Gasteiger partial charge in [0.05, 0.1) is 6.10 Å². The number of hydrogen-bond donors (Lipinski definition) is 4. The molecule has 4 N–H and O–H groups in total. The first-order valence-electron chi connectivity index (χ1n) is 6.08. The molecule has 1 rings (SSSR count). The number of unbranched alkanes of at least 4 members (excludes halogenated alkanes) is 1. The first-order chi connectivity index (χ1) is 9.38. The van der Waals surface area contributed by atoms with Gasteiger partial charge in [0.25, 0.3) is 0 Å². The number of rotatable bonds is 7. The summed E-state index contributed by atoms with van der Waals surface area (Å²) < 4.78 is 0. The SMILES string of the molecule is C[C@@H](O)[C@@H](C(=O)O)[C@H]1N=C(C(=O)O)/C(=C/CCCO)S1. The van der Waals surface area contributed by atoms with Crippen LogP contribution in [-0.4, -0.2) is 56.2 Å². The zero-order chi connectivity index (χ0) is 15.3. The zero-order valence-corrected chi connectivity index (χ0v) is 11.7. The number of allylic oxidation sites excluding steroid dienone is 1. The normalized spacial score (nSPS) is 23.4. The van der Waals surface area contributed by atoms with Gasteiger partial charge in [-0.05, 0) is 19.8 Å². The Morgan fingerprint density at radius 3 is 2.55 bits per heavy atom. The first kappa shape index (κ1) is 16.7. The van der Waals surface area contributed by atoms with Gasteiger partial charge in [0.2, 0.25) is 0 Å². The molecule has 0 saturated heterocycles. The lowest BCUT2D eigenvalue weighted by Crippen LogP contribution is -2.33. The van der Waals surface area contributed by atoms with Crippen molar-refractivity contribution in [1.29, 1.82) is 0 Å². The number of aliphatic imine (C=N–C) groups is 1. The summed E-state index contributed by atoms with van der Waals surface area (Å²) in [4.78, 5) is 26.5. The summed E-state index contributed by atoms with van der Waals surface area (Å²) in [7, 11) is 0. The predicted octanol–water partition coefficient (Wildman–Crippen LogP) is 0.323. The average Bonchev–Trinajstić information content (AvgIpc) is 2.72. The van der Waals surface area contributed by atoms with E-state index in [9.17, 15) is 14.7 Å². The molecule has 0 spiro atoms. The van der Waals surface area contributed by atoms with Crippen molar-refractivity contribution in [2.24, 2.45) is 10.9 Å². The van der Waals surface area contributed by atoms with Crippen molar-refractivity contribution in [3.8, 4) is 0 Å². The van der Waals surface area contributed by atoms with E-state index in [2.05, 4.69) is 4.99 Å². The highest BCUT2D eigenvalue weighted by Crippen LogP contribution is 2.37. The minimum atomic E-state index is -1.23. The Bertz CT molecular complexity index is 445. The molecular formula is C12H17NO6S. The molecule has 1 aliphatic rings. The lowest BCUT2D eigenvalue weighted by Gasteiger charge is -2.18. The van der Waals surface area contributed by atoms with Gasteiger partial charge >= 0.3 is 11.9 Å². The largest absolute Gasteiger partial charge is 0.481 e. The second-order valence-electron chi connectivity index (χ2n) is 4.33. The number of hydrogen-bond acceptors (Lipinski definition) is 6. The van der Waals surface area contributed by atoms with E-state index in [1.165, 1.54) is 6.92 Å². The summed E-state index contributed by atoms with van der Waals surface area (Å²) in [6.07, 6.45) is 1.44. The van der Waals surface area contributed by atoms with Crippen LogP contribution in [0.4, 0.5) is 0 Å². The molecule has 0 saturated carbocycles. The van der Waals surface area contributed by atoms with E-state index in [1.807, 2.05) is 0 Å². The monoisotopic (exact) mass is 303 g/mol. The Kier molecular flexibility index (Phi) is 6.18. The van der Waals surface area contributed by atoms with Gasteiger partial charge in [0.15, 0.2) is 5.71 Å². The molecule has 0 aromatic carbocycles. The predicted molar refractivity (Wildman–Crippen MR) is 73.7 cm³/mol. The van der Waals surface area contributed by atoms with Crippen LogP contribution < -0.4 is 0 Å². The summed E-state index contributed by atoms with van der Waals surface area (Å²) in [5.41, 5.74) is -0.190. The van der Waals surface area contributed by atoms with E-state index in [0.717, 1.165) is 11.8 Å². The molecule has 0 aliphatic carbocycles. The van der Waals surface area contributed by atoms with Crippen molar-refractivity contribution >= 4 is 29.4 Å². The number of aliphatic hydroxyl groups excluding tert-OH is 2. The van der Waals surface area contributed by atoms with E-state index in [-0.39, 0.29) is 12.3 Å². The van der Waals surface area contributed by atoms with Crippen LogP contribution in [0.2, 0.25) is 0 Å². The number of aliphatic hydroxyl groups is 2. The third-order valence-corrected chi connectivity index (χ3v) is 4.00. The third kappa shape index (κ3) is 4.06. The molecule has 0 unspecified atom stereocenters. The van der Waals surface area contributed by atoms with Crippen LogP contribution in [-0.2, 0) is 9.59 Å². The van der Waals surface area contributed by atoms with Crippen LogP contribution in [0, 0.1) is 5.92 Å². The van der Waals surface area contributed by atoms with Crippen molar-refractivity contribution in [1.82, 2.24) is 0 Å². The Balaban J connectivity index is 2.96. The molecule has 0 aromatic rings. The van der Waals surface area contributed by atoms with Gasteiger partial charge < -0.3 is 20.4 Å². The van der Waals surface area contributed by atoms with Crippen LogP contribution in [0.25, 0.3) is 0 Å². The van der Waals surface area contributed by atoms with Gasteiger partial charge in [0, 0.05) is 11.5 Å². The van der Waals surface area contributed by atoms with Gasteiger partial charge in [-0.3, -0.25) is 9.79 Å². The van der Waals surface area contributed by atoms with Crippen molar-refractivity contribution < 1.29 is 30.0 Å². The Hall–Kier alpha value is -1.38. The van der Waals surface area contributed by atoms with Gasteiger partial charge in [0.1, 0.15) is 11.3 Å². The van der Waals surface area contributed by atoms with Gasteiger partial charge in [-0.25, -0.2) is 4.79 Å². The number of aliphatic carboxylic acids is 2.